The van der Waals surface area contributed by atoms with E-state index in [0.717, 1.165) is 5.56 Å². The minimum atomic E-state index is 0. The van der Waals surface area contributed by atoms with Gasteiger partial charge in [-0.3, -0.25) is 4.98 Å². The molecule has 2 aromatic rings. The second kappa shape index (κ2) is 21.9. The van der Waals surface area contributed by atoms with Crippen LogP contribution in [0.2, 0.25) is 0 Å². The first-order valence-electron chi connectivity index (χ1n) is 8.24. The molecule has 1 radical (unpaired) electrons. The molecule has 2 rings (SSSR count). The molecule has 0 fully saturated rings. The van der Waals surface area contributed by atoms with Gasteiger partial charge in [0, 0.05) is 52.0 Å². The topological polar surface area (TPSA) is 155 Å². The van der Waals surface area contributed by atoms with Crippen LogP contribution in [-0.4, -0.2) is 27.8 Å². The molecule has 0 aliphatic carbocycles. The molecule has 0 bridgehead atoms. The molecule has 0 unspecified atom stereocenters. The maximum absolute atomic E-state index is 9.60. The smallest absolute Gasteiger partial charge is 0.0465 e. The van der Waals surface area contributed by atoms with Crippen LogP contribution in [-0.2, 0) is 16.8 Å². The van der Waals surface area contributed by atoms with Crippen LogP contribution in [0.25, 0.3) is 0 Å². The predicted octanol–water partition coefficient (Wildman–Crippen LogP) is 4.76. The van der Waals surface area contributed by atoms with E-state index in [4.69, 9.17) is 0 Å². The fourth-order valence-corrected chi connectivity index (χ4v) is 1.05. The van der Waals surface area contributed by atoms with E-state index in [1.165, 1.54) is 27.7 Å². The van der Waals surface area contributed by atoms with E-state index < -0.39 is 0 Å². The van der Waals surface area contributed by atoms with Gasteiger partial charge in [0.15, 0.2) is 0 Å². The molecule has 0 N–H and O–H groups in total. The molecule has 1 heterocycles. The summed E-state index contributed by atoms with van der Waals surface area (Å²) >= 11 is 0. The van der Waals surface area contributed by atoms with Gasteiger partial charge in [0.05, 0.1) is 0 Å². The van der Waals surface area contributed by atoms with Crippen LogP contribution in [0.15, 0.2) is 81.5 Å². The number of benzene rings is 1. The van der Waals surface area contributed by atoms with Crippen molar-refractivity contribution in [3.63, 3.8) is 0 Å². The Hall–Kier alpha value is -3.37. The van der Waals surface area contributed by atoms with Crippen LogP contribution in [0.5, 0.6) is 0 Å². The van der Waals surface area contributed by atoms with Gasteiger partial charge in [0.2, 0.25) is 0 Å². The summed E-state index contributed by atoms with van der Waals surface area (Å²) in [7, 11) is 0. The second-order valence-electron chi connectivity index (χ2n) is 5.22. The summed E-state index contributed by atoms with van der Waals surface area (Å²) in [4.78, 5) is 3.78. The molecule has 0 spiro atoms. The van der Waals surface area contributed by atoms with E-state index in [-0.39, 0.29) is 39.6 Å². The van der Waals surface area contributed by atoms with Gasteiger partial charge < -0.3 is 41.5 Å². The Labute approximate surface area is 187 Å². The van der Waals surface area contributed by atoms with Crippen molar-refractivity contribution >= 4 is 22.8 Å². The molecular formula is C20H24CoN5O4-5. The fraction of sp³-hybridized carbons (Fsp3) is 0.200. The van der Waals surface area contributed by atoms with Crippen molar-refractivity contribution in [3.8, 4) is 0 Å². The number of pyridine rings is 1. The van der Waals surface area contributed by atoms with Gasteiger partial charge in [0.25, 0.3) is 0 Å². The average molecular weight is 457 g/mol. The Bertz CT molecular complexity index is 677. The number of hydrogen-bond donors (Lipinski definition) is 0. The quantitative estimate of drug-likeness (QED) is 0.361. The summed E-state index contributed by atoms with van der Waals surface area (Å²) in [5.41, 5.74) is 1.63. The third-order valence-electron chi connectivity index (χ3n) is 3.00. The largest absolute Gasteiger partial charge is 0.792 e. The molecule has 9 nitrogen and oxygen atoms in total. The monoisotopic (exact) mass is 457 g/mol. The predicted molar refractivity (Wildman–Crippen MR) is 121 cm³/mol. The second-order valence-corrected chi connectivity index (χ2v) is 5.22. The van der Waals surface area contributed by atoms with Crippen molar-refractivity contribution < 1.29 is 16.8 Å². The van der Waals surface area contributed by atoms with Crippen LogP contribution >= 0.6 is 0 Å². The molecular weight excluding hydrogens is 433 g/mol. The normalized spacial score (nSPS) is 11.2. The van der Waals surface area contributed by atoms with Crippen molar-refractivity contribution in [2.24, 2.45) is 20.6 Å². The Morgan fingerprint density at radius 2 is 0.933 bits per heavy atom. The zero-order chi connectivity index (χ0) is 22.5. The Balaban J connectivity index is -0.000000321. The number of rotatable bonds is 2. The summed E-state index contributed by atoms with van der Waals surface area (Å²) in [6.45, 7) is 9.46. The zero-order valence-electron chi connectivity index (χ0n) is 17.2. The van der Waals surface area contributed by atoms with E-state index in [2.05, 4.69) is 32.5 Å². The van der Waals surface area contributed by atoms with Gasteiger partial charge in [-0.15, -0.1) is 12.1 Å². The molecule has 0 amide bonds. The SMILES string of the molecule is CC(=N[O-])C(C)=N[O-].CC(=N[O-])C(C)=N[O-].[CH2-]c1ccccc1.[Co].c1ccncc1. The van der Waals surface area contributed by atoms with Crippen LogP contribution in [0.3, 0.4) is 0 Å². The number of hydrogen-bond acceptors (Lipinski definition) is 9. The summed E-state index contributed by atoms with van der Waals surface area (Å²) in [5, 5.41) is 48.4. The summed E-state index contributed by atoms with van der Waals surface area (Å²) in [6.07, 6.45) is 3.50. The molecule has 0 saturated carbocycles. The first kappa shape index (κ1) is 31.3. The van der Waals surface area contributed by atoms with E-state index in [9.17, 15) is 20.8 Å². The third-order valence-corrected chi connectivity index (χ3v) is 3.00. The maximum Gasteiger partial charge on any atom is 0.0465 e. The average Bonchev–Trinajstić information content (AvgIpc) is 2.79. The Morgan fingerprint density at radius 1 is 0.633 bits per heavy atom. The van der Waals surface area contributed by atoms with Crippen LogP contribution in [0.4, 0.5) is 0 Å². The maximum atomic E-state index is 9.60. The Morgan fingerprint density at radius 3 is 1.07 bits per heavy atom. The zero-order valence-corrected chi connectivity index (χ0v) is 18.2. The third kappa shape index (κ3) is 19.4. The van der Waals surface area contributed by atoms with Gasteiger partial charge in [-0.05, 0) is 39.8 Å². The van der Waals surface area contributed by atoms with Crippen molar-refractivity contribution in [2.45, 2.75) is 27.7 Å². The van der Waals surface area contributed by atoms with E-state index >= 15 is 0 Å². The molecule has 0 aliphatic rings. The molecule has 1 aromatic carbocycles. The minimum Gasteiger partial charge on any atom is -0.792 e. The van der Waals surface area contributed by atoms with Gasteiger partial charge in [-0.2, -0.15) is 24.6 Å². The van der Waals surface area contributed by atoms with Gasteiger partial charge in [0.1, 0.15) is 0 Å². The number of aromatic nitrogens is 1. The van der Waals surface area contributed by atoms with E-state index in [1.807, 2.05) is 48.5 Å². The molecule has 0 atom stereocenters. The van der Waals surface area contributed by atoms with E-state index in [1.54, 1.807) is 12.4 Å². The van der Waals surface area contributed by atoms with E-state index in [0.29, 0.717) is 0 Å². The van der Waals surface area contributed by atoms with Crippen LogP contribution < -0.4 is 0 Å². The first-order chi connectivity index (χ1) is 13.8. The molecule has 1 aromatic heterocycles. The van der Waals surface area contributed by atoms with Crippen molar-refractivity contribution in [2.75, 3.05) is 0 Å². The Kier molecular flexibility index (Phi) is 22.9. The fourth-order valence-electron chi connectivity index (χ4n) is 1.05. The molecule has 10 heteroatoms. The molecule has 30 heavy (non-hydrogen) atoms. The van der Waals surface area contributed by atoms with Crippen LogP contribution in [0.1, 0.15) is 33.3 Å². The number of nitrogens with zero attached hydrogens (tertiary/aromatic N) is 5. The summed E-state index contributed by atoms with van der Waals surface area (Å²) in [6, 6.07) is 15.6. The van der Waals surface area contributed by atoms with Gasteiger partial charge >= 0.3 is 0 Å². The van der Waals surface area contributed by atoms with Crippen LogP contribution in [0, 0.1) is 27.8 Å². The van der Waals surface area contributed by atoms with Gasteiger partial charge in [-0.1, -0.05) is 12.1 Å². The van der Waals surface area contributed by atoms with Crippen molar-refractivity contribution in [1.82, 2.24) is 4.98 Å². The van der Waals surface area contributed by atoms with Gasteiger partial charge in [-0.25, -0.2) is 0 Å². The molecule has 167 valence electrons. The molecule has 0 aliphatic heterocycles. The standard InChI is InChI=1S/C7H7.C5H5N.2C4H8N2O2.Co/c1-7-5-3-2-4-6-7;1-2-4-6-5-3-1;2*1-3(5-7)4(2)6-8;/h2-6H,1H2;1-5H;2*7-8H,1-2H3;/q-1;;;;/p-4. The van der Waals surface area contributed by atoms with Crippen molar-refractivity contribution in [1.29, 1.82) is 0 Å². The first-order valence-corrected chi connectivity index (χ1v) is 8.24. The summed E-state index contributed by atoms with van der Waals surface area (Å²) in [5.74, 6) is 0. The molecule has 0 saturated heterocycles. The summed E-state index contributed by atoms with van der Waals surface area (Å²) < 4.78 is 0. The minimum absolute atomic E-state index is 0. The van der Waals surface area contributed by atoms with Crippen molar-refractivity contribution in [3.05, 3.63) is 94.2 Å².